The van der Waals surface area contributed by atoms with Crippen molar-refractivity contribution in [1.82, 2.24) is 0 Å². The Hall–Kier alpha value is -7.42. The second-order valence-corrected chi connectivity index (χ2v) is 21.8. The van der Waals surface area contributed by atoms with Crippen molar-refractivity contribution in [2.24, 2.45) is 0 Å². The molecule has 0 amide bonds. The van der Waals surface area contributed by atoms with E-state index in [1.54, 1.807) is 0 Å². The van der Waals surface area contributed by atoms with E-state index in [0.717, 1.165) is 0 Å². The lowest BCUT2D eigenvalue weighted by molar-refractivity contribution is 0.627. The molecular formula is C66H56N2. The number of hydrogen-bond acceptors (Lipinski definition) is 2. The maximum absolute atomic E-state index is 2.53. The molecule has 0 bridgehead atoms. The largest absolute Gasteiger partial charge is 0.310 e. The van der Waals surface area contributed by atoms with Gasteiger partial charge in [0.25, 0.3) is 0 Å². The molecule has 2 aliphatic heterocycles. The van der Waals surface area contributed by atoms with Crippen molar-refractivity contribution in [1.29, 1.82) is 0 Å². The topological polar surface area (TPSA) is 6.48 Å². The number of anilines is 6. The van der Waals surface area contributed by atoms with Crippen LogP contribution in [0.3, 0.4) is 0 Å². The molecule has 0 fully saturated rings. The summed E-state index contributed by atoms with van der Waals surface area (Å²) in [7, 11) is 0. The molecule has 0 aromatic heterocycles. The fourth-order valence-electron chi connectivity index (χ4n) is 12.7. The maximum Gasteiger partial charge on any atom is 0.0506 e. The first-order valence-electron chi connectivity index (χ1n) is 24.4. The van der Waals surface area contributed by atoms with Gasteiger partial charge in [-0.15, -0.1) is 0 Å². The summed E-state index contributed by atoms with van der Waals surface area (Å²) < 4.78 is 0. The summed E-state index contributed by atoms with van der Waals surface area (Å²) in [6.07, 6.45) is 4.64. The molecule has 0 atom stereocenters. The minimum Gasteiger partial charge on any atom is -0.310 e. The molecule has 2 aliphatic carbocycles. The zero-order valence-corrected chi connectivity index (χ0v) is 40.4. The van der Waals surface area contributed by atoms with Crippen LogP contribution in [0.5, 0.6) is 0 Å². The lowest BCUT2D eigenvalue weighted by Crippen LogP contribution is -2.31. The predicted octanol–water partition coefficient (Wildman–Crippen LogP) is 17.8. The van der Waals surface area contributed by atoms with Gasteiger partial charge in [-0.25, -0.2) is 0 Å². The van der Waals surface area contributed by atoms with Crippen LogP contribution < -0.4 is 9.80 Å². The van der Waals surface area contributed by atoms with E-state index in [1.165, 1.54) is 123 Å². The molecule has 4 aliphatic rings. The molecule has 330 valence electrons. The maximum atomic E-state index is 2.53. The van der Waals surface area contributed by atoms with Crippen LogP contribution in [-0.4, -0.2) is 0 Å². The third-order valence-electron chi connectivity index (χ3n) is 16.6. The van der Waals surface area contributed by atoms with Crippen molar-refractivity contribution in [3.63, 3.8) is 0 Å². The molecule has 0 saturated carbocycles. The van der Waals surface area contributed by atoms with Crippen molar-refractivity contribution in [2.45, 2.75) is 77.0 Å². The van der Waals surface area contributed by atoms with Gasteiger partial charge in [0, 0.05) is 33.0 Å². The van der Waals surface area contributed by atoms with Crippen LogP contribution in [0.2, 0.25) is 0 Å². The first kappa shape index (κ1) is 40.8. The van der Waals surface area contributed by atoms with E-state index in [2.05, 4.69) is 259 Å². The molecular weight excluding hydrogens is 821 g/mol. The van der Waals surface area contributed by atoms with Gasteiger partial charge in [0.2, 0.25) is 0 Å². The second kappa shape index (κ2) is 14.1. The predicted molar refractivity (Wildman–Crippen MR) is 288 cm³/mol. The molecule has 0 radical (unpaired) electrons. The highest BCUT2D eigenvalue weighted by molar-refractivity contribution is 5.96. The van der Waals surface area contributed by atoms with Gasteiger partial charge in [0.15, 0.2) is 0 Å². The number of benzene rings is 9. The van der Waals surface area contributed by atoms with Crippen LogP contribution >= 0.6 is 0 Å². The van der Waals surface area contributed by atoms with Crippen molar-refractivity contribution in [3.05, 3.63) is 238 Å². The lowest BCUT2D eigenvalue weighted by atomic mass is 9.71. The highest BCUT2D eigenvalue weighted by Crippen LogP contribution is 2.60. The number of para-hydroxylation sites is 3. The van der Waals surface area contributed by atoms with Crippen LogP contribution in [0.1, 0.15) is 111 Å². The summed E-state index contributed by atoms with van der Waals surface area (Å²) in [5, 5.41) is 2.51. The molecule has 2 heterocycles. The molecule has 9 aromatic rings. The highest BCUT2D eigenvalue weighted by atomic mass is 15.2. The number of hydrogen-bond donors (Lipinski definition) is 0. The average Bonchev–Trinajstić information content (AvgIpc) is 3.70. The Balaban J connectivity index is 0.858. The molecule has 13 rings (SSSR count). The molecule has 9 aromatic carbocycles. The third kappa shape index (κ3) is 5.64. The zero-order chi connectivity index (χ0) is 46.5. The van der Waals surface area contributed by atoms with Crippen molar-refractivity contribution in [2.75, 3.05) is 9.80 Å². The molecule has 68 heavy (non-hydrogen) atoms. The van der Waals surface area contributed by atoms with Crippen LogP contribution in [0.25, 0.3) is 45.2 Å². The Morgan fingerprint density at radius 1 is 0.279 bits per heavy atom. The molecule has 0 unspecified atom stereocenters. The van der Waals surface area contributed by atoms with Gasteiger partial charge in [-0.2, -0.15) is 0 Å². The van der Waals surface area contributed by atoms with Crippen LogP contribution in [0.4, 0.5) is 34.1 Å². The van der Waals surface area contributed by atoms with Gasteiger partial charge in [0.05, 0.1) is 22.7 Å². The van der Waals surface area contributed by atoms with Crippen LogP contribution in [0.15, 0.2) is 182 Å². The first-order valence-corrected chi connectivity index (χ1v) is 24.4. The van der Waals surface area contributed by atoms with Gasteiger partial charge in [-0.3, -0.25) is 0 Å². The Morgan fingerprint density at radius 2 is 0.706 bits per heavy atom. The standard InChI is InChI=1S/C66H56N2/c1-63(2)51-22-14-16-24-59(51)67(45-20-10-9-11-21-45)61-39-55-49(37-57(61)63)47-32-28-41(34-53(47)65(55,5)6)26-27-42-29-33-48-50-38-58-62(40-56(50)66(7,8)54(48)35-42)68(60-25-17-15-23-52(60)64(58,3)4)46-31-30-43-18-12-13-19-44(43)36-46/h9-40H,1-8H3/b27-26+. The van der Waals surface area contributed by atoms with Crippen LogP contribution in [0, 0.1) is 0 Å². The van der Waals surface area contributed by atoms with Gasteiger partial charge in [-0.05, 0) is 149 Å². The van der Waals surface area contributed by atoms with Gasteiger partial charge in [0.1, 0.15) is 0 Å². The number of nitrogens with zero attached hydrogens (tertiary/aromatic N) is 2. The third-order valence-corrected chi connectivity index (χ3v) is 16.6. The SMILES string of the molecule is CC1(C)c2cc(/C=C/c3ccc4c(c3)C(C)(C)c3cc5c(cc3-4)C(C)(C)c3ccccc3N5c3ccc4ccccc4c3)ccc2-c2cc3c(cc21)N(c1ccccc1)c1ccccc1C3(C)C. The Kier molecular flexibility index (Phi) is 8.44. The second-order valence-electron chi connectivity index (χ2n) is 21.8. The fraction of sp³-hybridized carbons (Fsp3) is 0.182. The smallest absolute Gasteiger partial charge is 0.0506 e. The van der Waals surface area contributed by atoms with Crippen molar-refractivity contribution >= 4 is 57.0 Å². The fourth-order valence-corrected chi connectivity index (χ4v) is 12.7. The summed E-state index contributed by atoms with van der Waals surface area (Å²) in [5.74, 6) is 0. The van der Waals surface area contributed by atoms with E-state index in [9.17, 15) is 0 Å². The normalized spacial score (nSPS) is 16.9. The zero-order valence-electron chi connectivity index (χ0n) is 40.4. The summed E-state index contributed by atoms with van der Waals surface area (Å²) in [5.41, 5.74) is 25.5. The molecule has 2 nitrogen and oxygen atoms in total. The van der Waals surface area contributed by atoms with E-state index in [1.807, 2.05) is 0 Å². The quantitative estimate of drug-likeness (QED) is 0.163. The van der Waals surface area contributed by atoms with Gasteiger partial charge < -0.3 is 9.80 Å². The van der Waals surface area contributed by atoms with E-state index in [4.69, 9.17) is 0 Å². The Morgan fingerprint density at radius 3 is 1.24 bits per heavy atom. The monoisotopic (exact) mass is 876 g/mol. The summed E-state index contributed by atoms with van der Waals surface area (Å²) in [6.45, 7) is 19.2. The molecule has 0 saturated heterocycles. The molecule has 0 spiro atoms. The average molecular weight is 877 g/mol. The van der Waals surface area contributed by atoms with Crippen LogP contribution in [-0.2, 0) is 21.7 Å². The van der Waals surface area contributed by atoms with Crippen molar-refractivity contribution < 1.29 is 0 Å². The first-order chi connectivity index (χ1) is 32.7. The summed E-state index contributed by atoms with van der Waals surface area (Å²) in [4.78, 5) is 4.99. The van der Waals surface area contributed by atoms with Gasteiger partial charge in [-0.1, -0.05) is 189 Å². The minimum absolute atomic E-state index is 0.159. The van der Waals surface area contributed by atoms with Crippen molar-refractivity contribution in [3.8, 4) is 22.3 Å². The van der Waals surface area contributed by atoms with E-state index >= 15 is 0 Å². The lowest BCUT2D eigenvalue weighted by Gasteiger charge is -2.43. The minimum atomic E-state index is -0.186. The molecule has 2 heteroatoms. The Labute approximate surface area is 401 Å². The number of rotatable bonds is 4. The Bertz CT molecular complexity index is 3640. The van der Waals surface area contributed by atoms with E-state index < -0.39 is 0 Å². The van der Waals surface area contributed by atoms with E-state index in [0.29, 0.717) is 0 Å². The van der Waals surface area contributed by atoms with E-state index in [-0.39, 0.29) is 21.7 Å². The molecule has 0 N–H and O–H groups in total. The summed E-state index contributed by atoms with van der Waals surface area (Å²) in [6, 6.07) is 68.8. The summed E-state index contributed by atoms with van der Waals surface area (Å²) >= 11 is 0. The number of fused-ring (bicyclic) bond motifs is 11. The highest BCUT2D eigenvalue weighted by Gasteiger charge is 2.44. The van der Waals surface area contributed by atoms with Gasteiger partial charge >= 0.3 is 0 Å².